The molecule has 5 heteroatoms. The van der Waals surface area contributed by atoms with E-state index in [4.69, 9.17) is 0 Å². The largest absolute Gasteiger partial charge is 0.416 e. The average Bonchev–Trinajstić information content (AvgIpc) is 2.54. The molecule has 1 aromatic carbocycles. The zero-order valence-corrected chi connectivity index (χ0v) is 14.7. The Morgan fingerprint density at radius 1 is 1.12 bits per heavy atom. The van der Waals surface area contributed by atoms with Gasteiger partial charge in [0.2, 0.25) is 0 Å². The predicted octanol–water partition coefficient (Wildman–Crippen LogP) is 5.80. The zero-order valence-electron chi connectivity index (χ0n) is 14.7. The molecule has 2 nitrogen and oxygen atoms in total. The van der Waals surface area contributed by atoms with Crippen molar-refractivity contribution in [2.24, 2.45) is 0 Å². The van der Waals surface area contributed by atoms with Crippen molar-refractivity contribution < 1.29 is 18.0 Å². The number of carbonyl (C=O) groups excluding carboxylic acids is 1. The molecule has 0 saturated carbocycles. The molecule has 0 fully saturated rings. The second kappa shape index (κ2) is 7.81. The van der Waals surface area contributed by atoms with Crippen LogP contribution in [0.3, 0.4) is 0 Å². The number of alkyl halides is 3. The molecule has 0 saturated heterocycles. The lowest BCUT2D eigenvalue weighted by Gasteiger charge is -2.24. The third-order valence-electron chi connectivity index (χ3n) is 4.21. The third-order valence-corrected chi connectivity index (χ3v) is 4.21. The number of benzene rings is 1. The van der Waals surface area contributed by atoms with E-state index in [0.717, 1.165) is 42.5 Å². The Morgan fingerprint density at radius 3 is 2.28 bits per heavy atom. The van der Waals surface area contributed by atoms with Crippen molar-refractivity contribution in [3.05, 3.63) is 53.3 Å². The molecule has 134 valence electrons. The van der Waals surface area contributed by atoms with Crippen molar-refractivity contribution >= 4 is 5.78 Å². The topological polar surface area (TPSA) is 30.0 Å². The standard InChI is InChI=1S/C17H16F3N.C3H6O/c1-11-3-2-4-14-15(11)9-21-10-16(14)12-5-7-13(8-6-12)17(18,19)20;1-3(2)4/h5-11H,2-4H2,1H3;1-2H3/t11-;/m1./s1. The van der Waals surface area contributed by atoms with Gasteiger partial charge in [0.05, 0.1) is 5.56 Å². The van der Waals surface area contributed by atoms with Crippen LogP contribution in [0.15, 0.2) is 36.7 Å². The van der Waals surface area contributed by atoms with E-state index in [2.05, 4.69) is 11.9 Å². The molecule has 1 aliphatic rings. The van der Waals surface area contributed by atoms with Crippen molar-refractivity contribution in [2.45, 2.75) is 52.1 Å². The van der Waals surface area contributed by atoms with Gasteiger partial charge in [-0.1, -0.05) is 19.1 Å². The second-order valence-electron chi connectivity index (χ2n) is 6.53. The molecule has 1 heterocycles. The third kappa shape index (κ3) is 4.91. The summed E-state index contributed by atoms with van der Waals surface area (Å²) in [6.07, 6.45) is 2.60. The molecule has 1 atom stereocenters. The first kappa shape index (κ1) is 19.2. The number of pyridine rings is 1. The van der Waals surface area contributed by atoms with Crippen LogP contribution in [0, 0.1) is 0 Å². The maximum atomic E-state index is 12.6. The molecule has 25 heavy (non-hydrogen) atoms. The molecule has 0 bridgehead atoms. The van der Waals surface area contributed by atoms with Crippen molar-refractivity contribution in [1.29, 1.82) is 0 Å². The highest BCUT2D eigenvalue weighted by atomic mass is 19.4. The summed E-state index contributed by atoms with van der Waals surface area (Å²) in [6.45, 7) is 5.23. The van der Waals surface area contributed by atoms with E-state index in [1.807, 2.05) is 6.20 Å². The van der Waals surface area contributed by atoms with Gasteiger partial charge < -0.3 is 4.79 Å². The van der Waals surface area contributed by atoms with Crippen molar-refractivity contribution in [2.75, 3.05) is 0 Å². The SMILES string of the molecule is CC(C)=O.C[C@@H]1CCCc2c(-c3ccc(C(F)(F)F)cc3)cncc21. The van der Waals surface area contributed by atoms with E-state index in [-0.39, 0.29) is 5.78 Å². The minimum Gasteiger partial charge on any atom is -0.300 e. The normalized spacial score (nSPS) is 16.5. The molecule has 2 aromatic rings. The van der Waals surface area contributed by atoms with Crippen LogP contribution in [-0.2, 0) is 17.4 Å². The quantitative estimate of drug-likeness (QED) is 0.651. The summed E-state index contributed by atoms with van der Waals surface area (Å²) < 4.78 is 37.9. The lowest BCUT2D eigenvalue weighted by molar-refractivity contribution is -0.137. The van der Waals surface area contributed by atoms with Crippen LogP contribution >= 0.6 is 0 Å². The van der Waals surface area contributed by atoms with Crippen molar-refractivity contribution in [3.8, 4) is 11.1 Å². The molecule has 0 spiro atoms. The van der Waals surface area contributed by atoms with Gasteiger partial charge in [-0.25, -0.2) is 0 Å². The van der Waals surface area contributed by atoms with Crippen molar-refractivity contribution in [1.82, 2.24) is 4.98 Å². The van der Waals surface area contributed by atoms with Crippen LogP contribution in [0.4, 0.5) is 13.2 Å². The lowest BCUT2D eigenvalue weighted by atomic mass is 9.82. The fourth-order valence-electron chi connectivity index (χ4n) is 3.04. The van der Waals surface area contributed by atoms with Gasteiger partial charge in [0.25, 0.3) is 0 Å². The van der Waals surface area contributed by atoms with Crippen LogP contribution in [0.25, 0.3) is 11.1 Å². The van der Waals surface area contributed by atoms with Gasteiger partial charge in [0, 0.05) is 18.0 Å². The summed E-state index contributed by atoms with van der Waals surface area (Å²) in [6, 6.07) is 5.36. The van der Waals surface area contributed by atoms with Crippen LogP contribution in [0.5, 0.6) is 0 Å². The van der Waals surface area contributed by atoms with Gasteiger partial charge in [-0.05, 0) is 67.9 Å². The average molecular weight is 349 g/mol. The van der Waals surface area contributed by atoms with Crippen molar-refractivity contribution in [3.63, 3.8) is 0 Å². The highest BCUT2D eigenvalue weighted by Gasteiger charge is 2.30. The highest BCUT2D eigenvalue weighted by molar-refractivity contribution is 5.72. The minimum atomic E-state index is -4.29. The summed E-state index contributed by atoms with van der Waals surface area (Å²) >= 11 is 0. The molecule has 0 radical (unpaired) electrons. The number of Topliss-reactive ketones (excluding diaryl/α,β-unsaturated/α-hetero) is 1. The summed E-state index contributed by atoms with van der Waals surface area (Å²) in [5, 5.41) is 0. The Morgan fingerprint density at radius 2 is 1.72 bits per heavy atom. The maximum Gasteiger partial charge on any atom is 0.416 e. The van der Waals surface area contributed by atoms with Gasteiger partial charge >= 0.3 is 6.18 Å². The second-order valence-corrected chi connectivity index (χ2v) is 6.53. The first-order chi connectivity index (χ1) is 11.7. The molecule has 0 amide bonds. The molecule has 0 aliphatic heterocycles. The number of nitrogens with zero attached hydrogens (tertiary/aromatic N) is 1. The summed E-state index contributed by atoms with van der Waals surface area (Å²) in [4.78, 5) is 13.7. The first-order valence-electron chi connectivity index (χ1n) is 8.31. The number of hydrogen-bond acceptors (Lipinski definition) is 2. The Bertz CT molecular complexity index is 732. The van der Waals surface area contributed by atoms with Crippen LogP contribution in [-0.4, -0.2) is 10.8 Å². The van der Waals surface area contributed by atoms with Gasteiger partial charge in [-0.3, -0.25) is 4.98 Å². The lowest BCUT2D eigenvalue weighted by Crippen LogP contribution is -2.09. The number of hydrogen-bond donors (Lipinski definition) is 0. The van der Waals surface area contributed by atoms with E-state index in [0.29, 0.717) is 5.92 Å². The first-order valence-corrected chi connectivity index (χ1v) is 8.31. The number of aromatic nitrogens is 1. The Kier molecular flexibility index (Phi) is 5.98. The van der Waals surface area contributed by atoms with Crippen LogP contribution < -0.4 is 0 Å². The molecule has 0 unspecified atom stereocenters. The fourth-order valence-corrected chi connectivity index (χ4v) is 3.04. The van der Waals surface area contributed by atoms with Crippen LogP contribution in [0.1, 0.15) is 56.2 Å². The Hall–Kier alpha value is -2.17. The van der Waals surface area contributed by atoms with Crippen LogP contribution in [0.2, 0.25) is 0 Å². The van der Waals surface area contributed by atoms with E-state index >= 15 is 0 Å². The van der Waals surface area contributed by atoms with Gasteiger partial charge in [-0.2, -0.15) is 13.2 Å². The maximum absolute atomic E-state index is 12.6. The van der Waals surface area contributed by atoms with E-state index in [1.54, 1.807) is 18.3 Å². The predicted molar refractivity (Wildman–Crippen MR) is 92.4 cm³/mol. The number of ketones is 1. The highest BCUT2D eigenvalue weighted by Crippen LogP contribution is 2.37. The Balaban J connectivity index is 0.000000511. The summed E-state index contributed by atoms with van der Waals surface area (Å²) in [5.41, 5.74) is 3.63. The van der Waals surface area contributed by atoms with Gasteiger partial charge in [0.1, 0.15) is 5.78 Å². The molecule has 1 aliphatic carbocycles. The van der Waals surface area contributed by atoms with E-state index < -0.39 is 11.7 Å². The number of halogens is 3. The van der Waals surface area contributed by atoms with E-state index in [9.17, 15) is 18.0 Å². The summed E-state index contributed by atoms with van der Waals surface area (Å²) in [7, 11) is 0. The number of rotatable bonds is 1. The summed E-state index contributed by atoms with van der Waals surface area (Å²) in [5.74, 6) is 0.635. The molecular weight excluding hydrogens is 327 g/mol. The molecule has 1 aromatic heterocycles. The fraction of sp³-hybridized carbons (Fsp3) is 0.400. The molecular formula is C20H22F3NO. The molecule has 3 rings (SSSR count). The zero-order chi connectivity index (χ0) is 18.6. The number of fused-ring (bicyclic) bond motifs is 1. The smallest absolute Gasteiger partial charge is 0.300 e. The van der Waals surface area contributed by atoms with Gasteiger partial charge in [-0.15, -0.1) is 0 Å². The van der Waals surface area contributed by atoms with Gasteiger partial charge in [0.15, 0.2) is 0 Å². The monoisotopic (exact) mass is 349 g/mol. The Labute approximate surface area is 146 Å². The van der Waals surface area contributed by atoms with E-state index in [1.165, 1.54) is 25.0 Å². The minimum absolute atomic E-state index is 0.167. The number of carbonyl (C=O) groups is 1. The molecule has 0 N–H and O–H groups in total.